The Morgan fingerprint density at radius 2 is 2.23 bits per heavy atom. The lowest BCUT2D eigenvalue weighted by atomic mass is 10.1. The van der Waals surface area contributed by atoms with Gasteiger partial charge in [0, 0.05) is 12.8 Å². The van der Waals surface area contributed by atoms with Crippen LogP contribution in [0.25, 0.3) is 17.0 Å². The summed E-state index contributed by atoms with van der Waals surface area (Å²) < 4.78 is 12.8. The third-order valence-corrected chi connectivity index (χ3v) is 3.67. The zero-order valence-electron chi connectivity index (χ0n) is 12.7. The number of hydrogen-bond donors (Lipinski definition) is 0. The molecular weight excluding hydrogens is 304 g/mol. The molecule has 0 fully saturated rings. The summed E-state index contributed by atoms with van der Waals surface area (Å²) >= 11 is 6.25. The summed E-state index contributed by atoms with van der Waals surface area (Å²) in [5.74, 6) is 1.18. The van der Waals surface area contributed by atoms with Crippen LogP contribution in [-0.4, -0.2) is 26.4 Å². The highest BCUT2D eigenvalue weighted by Crippen LogP contribution is 2.30. The topological polar surface area (TPSA) is 65.5 Å². The van der Waals surface area contributed by atoms with Gasteiger partial charge in [0.2, 0.25) is 5.82 Å². The van der Waals surface area contributed by atoms with Crippen molar-refractivity contribution in [3.05, 3.63) is 35.4 Å². The second-order valence-electron chi connectivity index (χ2n) is 5.29. The molecule has 3 aromatic heterocycles. The van der Waals surface area contributed by atoms with Crippen molar-refractivity contribution >= 4 is 17.1 Å². The van der Waals surface area contributed by atoms with E-state index in [1.54, 1.807) is 16.8 Å². The lowest BCUT2D eigenvalue weighted by Crippen LogP contribution is -2.12. The molecule has 6 nitrogen and oxygen atoms in total. The van der Waals surface area contributed by atoms with E-state index in [4.69, 9.17) is 20.9 Å². The van der Waals surface area contributed by atoms with Gasteiger partial charge in [-0.1, -0.05) is 30.6 Å². The van der Waals surface area contributed by atoms with E-state index in [0.29, 0.717) is 28.9 Å². The Morgan fingerprint density at radius 1 is 1.41 bits per heavy atom. The van der Waals surface area contributed by atoms with Gasteiger partial charge in [0.1, 0.15) is 6.10 Å². The summed E-state index contributed by atoms with van der Waals surface area (Å²) in [6, 6.07) is 3.63. The molecule has 0 spiro atoms. The van der Waals surface area contributed by atoms with Gasteiger partial charge in [0.25, 0.3) is 5.89 Å². The van der Waals surface area contributed by atoms with E-state index in [2.05, 4.69) is 29.1 Å². The number of fused-ring (bicyclic) bond motifs is 1. The van der Waals surface area contributed by atoms with Gasteiger partial charge >= 0.3 is 0 Å². The average molecular weight is 321 g/mol. The Labute approximate surface area is 133 Å². The fourth-order valence-corrected chi connectivity index (χ4v) is 2.62. The summed E-state index contributed by atoms with van der Waals surface area (Å²) in [5, 5.41) is 8.90. The van der Waals surface area contributed by atoms with Crippen molar-refractivity contribution < 1.29 is 9.26 Å². The van der Waals surface area contributed by atoms with Crippen LogP contribution in [0.3, 0.4) is 0 Å². The molecule has 1 unspecified atom stereocenters. The van der Waals surface area contributed by atoms with Crippen molar-refractivity contribution in [3.63, 3.8) is 0 Å². The molecule has 22 heavy (non-hydrogen) atoms. The van der Waals surface area contributed by atoms with Gasteiger partial charge in [-0.05, 0) is 25.0 Å². The quantitative estimate of drug-likeness (QED) is 0.716. The second kappa shape index (κ2) is 6.06. The van der Waals surface area contributed by atoms with Gasteiger partial charge in [-0.15, -0.1) is 0 Å². The van der Waals surface area contributed by atoms with Crippen LogP contribution in [0, 0.1) is 5.92 Å². The van der Waals surface area contributed by atoms with Gasteiger partial charge in [-0.2, -0.15) is 10.1 Å². The highest BCUT2D eigenvalue weighted by atomic mass is 35.5. The molecule has 3 rings (SSSR count). The van der Waals surface area contributed by atoms with Crippen LogP contribution in [0.15, 0.2) is 29.0 Å². The highest BCUT2D eigenvalue weighted by molar-refractivity contribution is 6.34. The maximum absolute atomic E-state index is 6.25. The van der Waals surface area contributed by atoms with Crippen LogP contribution in [0.4, 0.5) is 0 Å². The van der Waals surface area contributed by atoms with Crippen LogP contribution in [-0.2, 0) is 4.74 Å². The first-order chi connectivity index (χ1) is 10.6. The van der Waals surface area contributed by atoms with Crippen molar-refractivity contribution in [3.8, 4) is 11.5 Å². The van der Waals surface area contributed by atoms with E-state index >= 15 is 0 Å². The van der Waals surface area contributed by atoms with E-state index in [9.17, 15) is 0 Å². The number of halogens is 1. The Morgan fingerprint density at radius 3 is 2.95 bits per heavy atom. The minimum atomic E-state index is -0.195. The standard InChI is InChI=1S/C15H17ClN4O2/c1-4-21-13(9(2)3)14-18-15(22-19-14)10-8-17-20-7-5-6-11(16)12(10)20/h5-9,13H,4H2,1-3H3. The molecule has 0 bridgehead atoms. The molecule has 0 aromatic carbocycles. The molecular formula is C15H17ClN4O2. The molecule has 7 heteroatoms. The number of hydrogen-bond acceptors (Lipinski definition) is 5. The van der Waals surface area contributed by atoms with Crippen molar-refractivity contribution in [2.45, 2.75) is 26.9 Å². The molecule has 3 aromatic rings. The maximum Gasteiger partial charge on any atom is 0.261 e. The van der Waals surface area contributed by atoms with Crippen LogP contribution >= 0.6 is 11.6 Å². The number of nitrogens with zero attached hydrogens (tertiary/aromatic N) is 4. The number of rotatable bonds is 5. The molecule has 0 aliphatic heterocycles. The van der Waals surface area contributed by atoms with E-state index in [1.165, 1.54) is 0 Å². The molecule has 0 amide bonds. The normalized spacial score (nSPS) is 13.1. The number of aromatic nitrogens is 4. The van der Waals surface area contributed by atoms with Gasteiger partial charge in [0.15, 0.2) is 0 Å². The Bertz CT molecular complexity index is 781. The van der Waals surface area contributed by atoms with E-state index < -0.39 is 0 Å². The molecule has 1 atom stereocenters. The van der Waals surface area contributed by atoms with E-state index in [1.807, 2.05) is 19.2 Å². The van der Waals surface area contributed by atoms with Crippen LogP contribution < -0.4 is 0 Å². The zero-order valence-corrected chi connectivity index (χ0v) is 13.4. The first kappa shape index (κ1) is 15.0. The van der Waals surface area contributed by atoms with Crippen molar-refractivity contribution in [1.82, 2.24) is 19.8 Å². The fraction of sp³-hybridized carbons (Fsp3) is 0.400. The predicted molar refractivity (Wildman–Crippen MR) is 82.7 cm³/mol. The molecule has 116 valence electrons. The predicted octanol–water partition coefficient (Wildman–Crippen LogP) is 3.77. The van der Waals surface area contributed by atoms with Crippen molar-refractivity contribution in [2.75, 3.05) is 6.61 Å². The lowest BCUT2D eigenvalue weighted by molar-refractivity contribution is 0.0217. The van der Waals surface area contributed by atoms with E-state index in [0.717, 1.165) is 5.52 Å². The first-order valence-electron chi connectivity index (χ1n) is 7.19. The molecule has 0 aliphatic rings. The Kier molecular flexibility index (Phi) is 4.13. The largest absolute Gasteiger partial charge is 0.370 e. The summed E-state index contributed by atoms with van der Waals surface area (Å²) in [7, 11) is 0. The van der Waals surface area contributed by atoms with Crippen LogP contribution in [0.5, 0.6) is 0 Å². The van der Waals surface area contributed by atoms with Crippen molar-refractivity contribution in [2.24, 2.45) is 5.92 Å². The highest BCUT2D eigenvalue weighted by Gasteiger charge is 2.24. The summed E-state index contributed by atoms with van der Waals surface area (Å²) in [5.41, 5.74) is 1.46. The van der Waals surface area contributed by atoms with Gasteiger partial charge < -0.3 is 9.26 Å². The Hall–Kier alpha value is -1.92. The summed E-state index contributed by atoms with van der Waals surface area (Å²) in [4.78, 5) is 4.47. The van der Waals surface area contributed by atoms with E-state index in [-0.39, 0.29) is 12.0 Å². The first-order valence-corrected chi connectivity index (χ1v) is 7.57. The van der Waals surface area contributed by atoms with Crippen LogP contribution in [0.2, 0.25) is 5.02 Å². The molecule has 0 aliphatic carbocycles. The summed E-state index contributed by atoms with van der Waals surface area (Å²) in [6.07, 6.45) is 3.29. The summed E-state index contributed by atoms with van der Waals surface area (Å²) in [6.45, 7) is 6.65. The van der Waals surface area contributed by atoms with Gasteiger partial charge in [0.05, 0.1) is 22.3 Å². The molecule has 0 N–H and O–H groups in total. The van der Waals surface area contributed by atoms with Gasteiger partial charge in [-0.25, -0.2) is 4.52 Å². The van der Waals surface area contributed by atoms with Crippen molar-refractivity contribution in [1.29, 1.82) is 0 Å². The third kappa shape index (κ3) is 2.60. The third-order valence-electron chi connectivity index (χ3n) is 3.37. The number of pyridine rings is 1. The van der Waals surface area contributed by atoms with Gasteiger partial charge in [-0.3, -0.25) is 0 Å². The second-order valence-corrected chi connectivity index (χ2v) is 5.69. The monoisotopic (exact) mass is 320 g/mol. The maximum atomic E-state index is 6.25. The molecule has 3 heterocycles. The molecule has 0 saturated carbocycles. The Balaban J connectivity index is 2.02. The SMILES string of the molecule is CCOC(c1noc(-c2cnn3cccc(Cl)c23)n1)C(C)C. The molecule has 0 radical (unpaired) electrons. The minimum Gasteiger partial charge on any atom is -0.370 e. The zero-order chi connectivity index (χ0) is 15.7. The molecule has 0 saturated heterocycles. The van der Waals surface area contributed by atoms with Crippen LogP contribution in [0.1, 0.15) is 32.7 Å². The lowest BCUT2D eigenvalue weighted by Gasteiger charge is -2.16. The fourth-order valence-electron chi connectivity index (χ4n) is 2.36. The average Bonchev–Trinajstić information content (AvgIpc) is 3.11. The smallest absolute Gasteiger partial charge is 0.261 e. The number of ether oxygens (including phenoxy) is 1. The minimum absolute atomic E-state index is 0.195.